The van der Waals surface area contributed by atoms with E-state index >= 15 is 0 Å². The van der Waals surface area contributed by atoms with Gasteiger partial charge in [0.15, 0.2) is 28.6 Å². The lowest BCUT2D eigenvalue weighted by molar-refractivity contribution is -0.167. The van der Waals surface area contributed by atoms with Gasteiger partial charge in [-0.2, -0.15) is 0 Å². The maximum Gasteiger partial charge on any atom is 0.303 e. The van der Waals surface area contributed by atoms with Crippen LogP contribution in [0.15, 0.2) is 12.1 Å². The third-order valence-electron chi connectivity index (χ3n) is 7.34. The van der Waals surface area contributed by atoms with Gasteiger partial charge in [0.2, 0.25) is 25.1 Å². The second kappa shape index (κ2) is 9.21. The van der Waals surface area contributed by atoms with E-state index in [2.05, 4.69) is 0 Å². The molecule has 12 heteroatoms. The van der Waals surface area contributed by atoms with Crippen molar-refractivity contribution in [3.8, 4) is 46.0 Å². The molecule has 4 aliphatic heterocycles. The second-order valence-electron chi connectivity index (χ2n) is 9.12. The average Bonchev–Trinajstić information content (AvgIpc) is 3.69. The highest BCUT2D eigenvalue weighted by molar-refractivity contribution is 5.69. The summed E-state index contributed by atoms with van der Waals surface area (Å²) in [5.74, 6) is 2.61. The molecule has 2 aromatic carbocycles. The van der Waals surface area contributed by atoms with E-state index in [4.69, 9.17) is 52.1 Å². The maximum absolute atomic E-state index is 12.5. The first kappa shape index (κ1) is 24.6. The van der Waals surface area contributed by atoms with E-state index in [1.54, 1.807) is 19.2 Å². The summed E-state index contributed by atoms with van der Waals surface area (Å²) < 4.78 is 64.3. The largest absolute Gasteiger partial charge is 0.496 e. The van der Waals surface area contributed by atoms with Crippen molar-refractivity contribution in [2.75, 3.05) is 55.2 Å². The van der Waals surface area contributed by atoms with Crippen molar-refractivity contribution in [3.63, 3.8) is 0 Å². The van der Waals surface area contributed by atoms with E-state index in [9.17, 15) is 4.79 Å². The number of carbonyl (C=O) groups excluding carboxylic acids is 1. The molecule has 38 heavy (non-hydrogen) atoms. The van der Waals surface area contributed by atoms with Gasteiger partial charge in [0.05, 0.1) is 64.8 Å². The predicted molar refractivity (Wildman–Crippen MR) is 127 cm³/mol. The zero-order valence-corrected chi connectivity index (χ0v) is 21.6. The summed E-state index contributed by atoms with van der Waals surface area (Å²) in [5, 5.41) is 0. The van der Waals surface area contributed by atoms with Crippen molar-refractivity contribution in [2.24, 2.45) is 5.92 Å². The van der Waals surface area contributed by atoms with Crippen LogP contribution in [0.2, 0.25) is 0 Å². The first-order valence-corrected chi connectivity index (χ1v) is 12.0. The van der Waals surface area contributed by atoms with E-state index < -0.39 is 29.7 Å². The van der Waals surface area contributed by atoms with Crippen LogP contribution in [-0.2, 0) is 19.0 Å². The molecule has 2 saturated heterocycles. The van der Waals surface area contributed by atoms with Crippen LogP contribution < -0.4 is 37.9 Å². The molecule has 0 bridgehead atoms. The van der Waals surface area contributed by atoms with Crippen LogP contribution in [0.3, 0.4) is 0 Å². The molecule has 0 radical (unpaired) electrons. The number of fused-ring (bicyclic) bond motifs is 3. The van der Waals surface area contributed by atoms with Gasteiger partial charge in [-0.1, -0.05) is 0 Å². The number of hydrogen-bond donors (Lipinski definition) is 0. The molecule has 4 heterocycles. The van der Waals surface area contributed by atoms with E-state index in [1.807, 2.05) is 0 Å². The van der Waals surface area contributed by atoms with Gasteiger partial charge in [0, 0.05) is 19.1 Å². The lowest BCUT2D eigenvalue weighted by Gasteiger charge is -2.33. The molecule has 0 amide bonds. The highest BCUT2D eigenvalue weighted by atomic mass is 16.7. The number of ether oxygens (including phenoxy) is 11. The minimum atomic E-state index is -1.24. The summed E-state index contributed by atoms with van der Waals surface area (Å²) >= 11 is 0. The molecule has 0 unspecified atom stereocenters. The van der Waals surface area contributed by atoms with Gasteiger partial charge in [-0.15, -0.1) is 0 Å². The smallest absolute Gasteiger partial charge is 0.303 e. The molecule has 0 aliphatic carbocycles. The van der Waals surface area contributed by atoms with Crippen molar-refractivity contribution < 1.29 is 56.9 Å². The fraction of sp³-hybridized carbons (Fsp3) is 0.500. The summed E-state index contributed by atoms with van der Waals surface area (Å²) in [7, 11) is 6.12. The zero-order valence-electron chi connectivity index (χ0n) is 21.6. The Kier molecular flexibility index (Phi) is 5.95. The summed E-state index contributed by atoms with van der Waals surface area (Å²) in [6.45, 7) is 1.65. The number of methoxy groups -OCH3 is 4. The van der Waals surface area contributed by atoms with Crippen LogP contribution in [0.4, 0.5) is 0 Å². The van der Waals surface area contributed by atoms with E-state index in [0.29, 0.717) is 57.1 Å². The normalized spacial score (nSPS) is 26.2. The van der Waals surface area contributed by atoms with Crippen molar-refractivity contribution in [1.82, 2.24) is 0 Å². The van der Waals surface area contributed by atoms with Crippen LogP contribution >= 0.6 is 0 Å². The van der Waals surface area contributed by atoms with E-state index in [0.717, 1.165) is 0 Å². The molecule has 0 aromatic heterocycles. The Morgan fingerprint density at radius 1 is 0.816 bits per heavy atom. The van der Waals surface area contributed by atoms with Gasteiger partial charge in [0.1, 0.15) is 17.6 Å². The van der Waals surface area contributed by atoms with E-state index in [1.165, 1.54) is 28.3 Å². The SMILES string of the molecule is COc1cc2c(c(OC)c1[C@@H]1OC[C@@]3(OC(C)=O)[C@H](c4c(OC)cc5c(c4OC)OCO5)OC[C@@H]13)OCO2. The number of rotatable bonds is 7. The fourth-order valence-corrected chi connectivity index (χ4v) is 5.85. The maximum atomic E-state index is 12.5. The van der Waals surface area contributed by atoms with Crippen LogP contribution in [0.1, 0.15) is 30.3 Å². The summed E-state index contributed by atoms with van der Waals surface area (Å²) in [5.41, 5.74) is -0.110. The molecule has 4 atom stereocenters. The Morgan fingerprint density at radius 3 is 1.95 bits per heavy atom. The number of hydrogen-bond acceptors (Lipinski definition) is 12. The number of carbonyl (C=O) groups is 1. The third kappa shape index (κ3) is 3.39. The zero-order chi connectivity index (χ0) is 26.6. The minimum absolute atomic E-state index is 0.0219. The van der Waals surface area contributed by atoms with Crippen molar-refractivity contribution in [1.29, 1.82) is 0 Å². The topological polar surface area (TPSA) is 119 Å². The van der Waals surface area contributed by atoms with Crippen molar-refractivity contribution >= 4 is 5.97 Å². The van der Waals surface area contributed by atoms with Crippen LogP contribution in [-0.4, -0.2) is 66.8 Å². The average molecular weight is 532 g/mol. The van der Waals surface area contributed by atoms with Gasteiger partial charge in [0.25, 0.3) is 0 Å². The Bertz CT molecular complexity index is 1280. The Balaban J connectivity index is 1.49. The molecular formula is C26H28O12. The highest BCUT2D eigenvalue weighted by Crippen LogP contribution is 2.63. The summed E-state index contributed by atoms with van der Waals surface area (Å²) in [6.07, 6.45) is -1.45. The lowest BCUT2D eigenvalue weighted by atomic mass is 9.79. The lowest BCUT2D eigenvalue weighted by Crippen LogP contribution is -2.44. The van der Waals surface area contributed by atoms with E-state index in [-0.39, 0.29) is 26.8 Å². The summed E-state index contributed by atoms with van der Waals surface area (Å²) in [4.78, 5) is 12.5. The van der Waals surface area contributed by atoms with Crippen LogP contribution in [0, 0.1) is 5.92 Å². The second-order valence-corrected chi connectivity index (χ2v) is 9.12. The Morgan fingerprint density at radius 2 is 1.39 bits per heavy atom. The van der Waals surface area contributed by atoms with Crippen LogP contribution in [0.25, 0.3) is 0 Å². The molecule has 12 nitrogen and oxygen atoms in total. The van der Waals surface area contributed by atoms with Gasteiger partial charge in [-0.25, -0.2) is 0 Å². The van der Waals surface area contributed by atoms with Gasteiger partial charge >= 0.3 is 5.97 Å². The third-order valence-corrected chi connectivity index (χ3v) is 7.34. The molecule has 0 spiro atoms. The van der Waals surface area contributed by atoms with Gasteiger partial charge in [-0.3, -0.25) is 4.79 Å². The van der Waals surface area contributed by atoms with Crippen molar-refractivity contribution in [2.45, 2.75) is 24.7 Å². The molecule has 6 rings (SSSR count). The molecule has 204 valence electrons. The Labute approximate surface area is 218 Å². The van der Waals surface area contributed by atoms with Crippen LogP contribution in [0.5, 0.6) is 46.0 Å². The molecule has 2 fully saturated rings. The highest BCUT2D eigenvalue weighted by Gasteiger charge is 2.65. The standard InChI is InChI=1S/C26H28O12/c1-12(27)38-26-9-33-20(18-14(28-2)6-16-21(23(18)30-4)36-10-34-16)13(26)8-32-25(26)19-15(29-3)7-17-22(24(19)31-5)37-11-35-17/h6-7,13,20,25H,8-11H2,1-5H3/t13-,20+,25-,26-/m0/s1. The quantitative estimate of drug-likeness (QED) is 0.488. The first-order valence-electron chi connectivity index (χ1n) is 12.0. The summed E-state index contributed by atoms with van der Waals surface area (Å²) in [6, 6.07) is 3.43. The van der Waals surface area contributed by atoms with Crippen molar-refractivity contribution in [3.05, 3.63) is 23.3 Å². The molecule has 4 aliphatic rings. The molecule has 0 N–H and O–H groups in total. The van der Waals surface area contributed by atoms with Gasteiger partial charge < -0.3 is 52.1 Å². The fourth-order valence-electron chi connectivity index (χ4n) is 5.85. The molecule has 2 aromatic rings. The molecular weight excluding hydrogens is 504 g/mol. The monoisotopic (exact) mass is 532 g/mol. The first-order chi connectivity index (χ1) is 18.5. The number of benzene rings is 2. The minimum Gasteiger partial charge on any atom is -0.496 e. The number of esters is 1. The molecule has 0 saturated carbocycles. The van der Waals surface area contributed by atoms with Gasteiger partial charge in [-0.05, 0) is 0 Å². The predicted octanol–water partition coefficient (Wildman–Crippen LogP) is 2.94. The Hall–Kier alpha value is -3.77.